The van der Waals surface area contributed by atoms with Gasteiger partial charge in [0.2, 0.25) is 11.8 Å². The molecular formula is C16H21ClN2O3. The first-order valence-corrected chi connectivity index (χ1v) is 7.70. The second-order valence-corrected chi connectivity index (χ2v) is 6.10. The van der Waals surface area contributed by atoms with Crippen LogP contribution in [0.2, 0.25) is 5.02 Å². The highest BCUT2D eigenvalue weighted by Gasteiger charge is 2.36. The molecule has 0 aliphatic carbocycles. The van der Waals surface area contributed by atoms with Crippen LogP contribution in [0.4, 0.5) is 5.69 Å². The number of hydrogen-bond acceptors (Lipinski definition) is 3. The Kier molecular flexibility index (Phi) is 4.96. The molecule has 2 amide bonds. The highest BCUT2D eigenvalue weighted by Crippen LogP contribution is 2.33. The molecule has 0 saturated carbocycles. The smallest absolute Gasteiger partial charge is 0.249 e. The third-order valence-corrected chi connectivity index (χ3v) is 4.10. The van der Waals surface area contributed by atoms with Crippen molar-refractivity contribution in [3.63, 3.8) is 0 Å². The maximum Gasteiger partial charge on any atom is 0.249 e. The number of carbonyl (C=O) groups excluding carboxylic acids is 2. The van der Waals surface area contributed by atoms with Crippen LogP contribution in [0, 0.1) is 5.92 Å². The van der Waals surface area contributed by atoms with Gasteiger partial charge in [-0.3, -0.25) is 9.59 Å². The predicted octanol–water partition coefficient (Wildman–Crippen LogP) is 2.57. The zero-order valence-corrected chi connectivity index (χ0v) is 14.1. The molecule has 1 aliphatic heterocycles. The first-order valence-electron chi connectivity index (χ1n) is 7.32. The fraction of sp³-hybridized carbons (Fsp3) is 0.500. The van der Waals surface area contributed by atoms with E-state index < -0.39 is 6.04 Å². The number of nitrogens with zero attached hydrogens (tertiary/aromatic N) is 2. The van der Waals surface area contributed by atoms with E-state index in [2.05, 4.69) is 0 Å². The van der Waals surface area contributed by atoms with Crippen molar-refractivity contribution in [1.82, 2.24) is 4.90 Å². The highest BCUT2D eigenvalue weighted by atomic mass is 35.5. The molecule has 5 nitrogen and oxygen atoms in total. The van der Waals surface area contributed by atoms with E-state index in [-0.39, 0.29) is 17.7 Å². The Labute approximate surface area is 135 Å². The minimum atomic E-state index is -0.493. The Morgan fingerprint density at radius 1 is 1.36 bits per heavy atom. The summed E-state index contributed by atoms with van der Waals surface area (Å²) >= 11 is 6.04. The molecule has 1 heterocycles. The van der Waals surface area contributed by atoms with E-state index in [1.807, 2.05) is 13.8 Å². The first kappa shape index (κ1) is 16.6. The molecule has 2 rings (SSSR count). The minimum Gasteiger partial charge on any atom is -0.495 e. The molecular weight excluding hydrogens is 304 g/mol. The van der Waals surface area contributed by atoms with Gasteiger partial charge in [0.05, 0.1) is 12.8 Å². The lowest BCUT2D eigenvalue weighted by Crippen LogP contribution is -2.58. The van der Waals surface area contributed by atoms with E-state index in [4.69, 9.17) is 16.3 Å². The fourth-order valence-corrected chi connectivity index (χ4v) is 2.78. The lowest BCUT2D eigenvalue weighted by atomic mass is 10.1. The maximum atomic E-state index is 12.7. The molecule has 0 radical (unpaired) electrons. The van der Waals surface area contributed by atoms with Crippen LogP contribution in [-0.2, 0) is 9.59 Å². The van der Waals surface area contributed by atoms with Crippen molar-refractivity contribution < 1.29 is 14.3 Å². The van der Waals surface area contributed by atoms with E-state index in [0.717, 1.165) is 0 Å². The van der Waals surface area contributed by atoms with Crippen molar-refractivity contribution in [1.29, 1.82) is 0 Å². The molecule has 1 atom stereocenters. The number of methoxy groups -OCH3 is 1. The predicted molar refractivity (Wildman–Crippen MR) is 86.4 cm³/mol. The van der Waals surface area contributed by atoms with E-state index in [0.29, 0.717) is 29.5 Å². The Bertz CT molecular complexity index is 589. The summed E-state index contributed by atoms with van der Waals surface area (Å²) in [5.41, 5.74) is 0.642. The normalized spacial score (nSPS) is 18.8. The largest absolute Gasteiger partial charge is 0.495 e. The molecule has 1 aliphatic rings. The molecule has 1 aromatic carbocycles. The van der Waals surface area contributed by atoms with Gasteiger partial charge in [0.25, 0.3) is 0 Å². The molecule has 6 heteroatoms. The minimum absolute atomic E-state index is 0.00133. The summed E-state index contributed by atoms with van der Waals surface area (Å²) in [4.78, 5) is 28.1. The zero-order chi connectivity index (χ0) is 16.4. The van der Waals surface area contributed by atoms with Gasteiger partial charge < -0.3 is 14.5 Å². The van der Waals surface area contributed by atoms with Gasteiger partial charge in [0.15, 0.2) is 0 Å². The van der Waals surface area contributed by atoms with Crippen molar-refractivity contribution in [3.05, 3.63) is 23.2 Å². The molecule has 120 valence electrons. The average molecular weight is 325 g/mol. The average Bonchev–Trinajstić information content (AvgIpc) is 2.49. The van der Waals surface area contributed by atoms with Crippen LogP contribution in [0.3, 0.4) is 0 Å². The van der Waals surface area contributed by atoms with Crippen molar-refractivity contribution in [2.75, 3.05) is 25.1 Å². The summed E-state index contributed by atoms with van der Waals surface area (Å²) in [5.74, 6) is 0.343. The van der Waals surface area contributed by atoms with Crippen molar-refractivity contribution in [3.8, 4) is 5.75 Å². The second kappa shape index (κ2) is 6.57. The molecule has 0 bridgehead atoms. The van der Waals surface area contributed by atoms with E-state index in [1.54, 1.807) is 42.0 Å². The van der Waals surface area contributed by atoms with Gasteiger partial charge in [-0.05, 0) is 25.1 Å². The van der Waals surface area contributed by atoms with E-state index in [9.17, 15) is 9.59 Å². The van der Waals surface area contributed by atoms with Gasteiger partial charge in [-0.2, -0.15) is 0 Å². The SMILES string of the molecule is COc1ccc(Cl)cc1N1CCN(C(=O)C(C)C)C(C)C1=O. The third kappa shape index (κ3) is 3.04. The number of carbonyl (C=O) groups is 2. The van der Waals surface area contributed by atoms with Crippen molar-refractivity contribution in [2.45, 2.75) is 26.8 Å². The van der Waals surface area contributed by atoms with Crippen LogP contribution in [0.1, 0.15) is 20.8 Å². The fourth-order valence-electron chi connectivity index (χ4n) is 2.62. The van der Waals surface area contributed by atoms with Gasteiger partial charge in [0, 0.05) is 24.0 Å². The zero-order valence-electron chi connectivity index (χ0n) is 13.3. The molecule has 0 aromatic heterocycles. The lowest BCUT2D eigenvalue weighted by Gasteiger charge is -2.40. The van der Waals surface area contributed by atoms with Crippen LogP contribution < -0.4 is 9.64 Å². The Morgan fingerprint density at radius 2 is 2.05 bits per heavy atom. The monoisotopic (exact) mass is 324 g/mol. The number of benzene rings is 1. The summed E-state index contributed by atoms with van der Waals surface area (Å²) < 4.78 is 5.32. The summed E-state index contributed by atoms with van der Waals surface area (Å²) in [6.45, 7) is 6.36. The Balaban J connectivity index is 2.28. The maximum absolute atomic E-state index is 12.7. The van der Waals surface area contributed by atoms with Crippen LogP contribution in [-0.4, -0.2) is 43.0 Å². The van der Waals surface area contributed by atoms with Crippen LogP contribution in [0.25, 0.3) is 0 Å². The number of piperazine rings is 1. The summed E-state index contributed by atoms with van der Waals surface area (Å²) in [6, 6.07) is 4.68. The Hall–Kier alpha value is -1.75. The summed E-state index contributed by atoms with van der Waals surface area (Å²) in [7, 11) is 1.55. The van der Waals surface area contributed by atoms with Crippen LogP contribution in [0.5, 0.6) is 5.75 Å². The standard InChI is InChI=1S/C16H21ClN2O3/c1-10(2)15(20)18-7-8-19(16(21)11(18)3)13-9-12(17)5-6-14(13)22-4/h5-6,9-11H,7-8H2,1-4H3. The lowest BCUT2D eigenvalue weighted by molar-refractivity contribution is -0.143. The number of halogens is 1. The highest BCUT2D eigenvalue weighted by molar-refractivity contribution is 6.31. The van der Waals surface area contributed by atoms with Crippen molar-refractivity contribution in [2.24, 2.45) is 5.92 Å². The molecule has 1 unspecified atom stereocenters. The Morgan fingerprint density at radius 3 is 2.64 bits per heavy atom. The quantitative estimate of drug-likeness (QED) is 0.858. The summed E-state index contributed by atoms with van der Waals surface area (Å²) in [6.07, 6.45) is 0. The van der Waals surface area contributed by atoms with E-state index >= 15 is 0 Å². The number of amides is 2. The van der Waals surface area contributed by atoms with Gasteiger partial charge in [0.1, 0.15) is 11.8 Å². The molecule has 1 fully saturated rings. The molecule has 1 saturated heterocycles. The van der Waals surface area contributed by atoms with Crippen LogP contribution in [0.15, 0.2) is 18.2 Å². The van der Waals surface area contributed by atoms with Gasteiger partial charge in [-0.1, -0.05) is 25.4 Å². The third-order valence-electron chi connectivity index (χ3n) is 3.86. The van der Waals surface area contributed by atoms with Gasteiger partial charge >= 0.3 is 0 Å². The van der Waals surface area contributed by atoms with Crippen LogP contribution >= 0.6 is 11.6 Å². The van der Waals surface area contributed by atoms with Crippen molar-refractivity contribution >= 4 is 29.1 Å². The summed E-state index contributed by atoms with van der Waals surface area (Å²) in [5, 5.41) is 0.539. The number of ether oxygens (including phenoxy) is 1. The van der Waals surface area contributed by atoms with Gasteiger partial charge in [-0.15, -0.1) is 0 Å². The van der Waals surface area contributed by atoms with E-state index in [1.165, 1.54) is 0 Å². The second-order valence-electron chi connectivity index (χ2n) is 5.67. The van der Waals surface area contributed by atoms with Gasteiger partial charge in [-0.25, -0.2) is 0 Å². The number of hydrogen-bond donors (Lipinski definition) is 0. The molecule has 0 N–H and O–H groups in total. The molecule has 22 heavy (non-hydrogen) atoms. The number of rotatable bonds is 3. The number of anilines is 1. The molecule has 0 spiro atoms. The molecule has 1 aromatic rings. The first-order chi connectivity index (χ1) is 10.4. The topological polar surface area (TPSA) is 49.9 Å².